The lowest BCUT2D eigenvalue weighted by Crippen LogP contribution is -2.49. The van der Waals surface area contributed by atoms with Crippen molar-refractivity contribution in [3.63, 3.8) is 0 Å². The number of aliphatic hydroxyl groups is 1. The number of hydrogen-bond donors (Lipinski definition) is 7. The van der Waals surface area contributed by atoms with Gasteiger partial charge in [0.15, 0.2) is 0 Å². The van der Waals surface area contributed by atoms with Gasteiger partial charge in [0.25, 0.3) is 0 Å². The summed E-state index contributed by atoms with van der Waals surface area (Å²) in [5.41, 5.74) is 10.2. The van der Waals surface area contributed by atoms with Crippen LogP contribution in [0, 0.1) is 0 Å². The molecule has 1 aliphatic rings. The predicted molar refractivity (Wildman–Crippen MR) is 91.9 cm³/mol. The van der Waals surface area contributed by atoms with Gasteiger partial charge < -0.3 is 37.4 Å². The number of rotatable bonds is 7. The van der Waals surface area contributed by atoms with Crippen LogP contribution in [0.3, 0.4) is 0 Å². The molecule has 1 saturated heterocycles. The minimum atomic E-state index is -1.07. The first-order valence-electron chi connectivity index (χ1n) is 7.29. The van der Waals surface area contributed by atoms with Crippen LogP contribution in [0.4, 0.5) is 0 Å². The van der Waals surface area contributed by atoms with Crippen LogP contribution < -0.4 is 22.1 Å². The highest BCUT2D eigenvalue weighted by Gasteiger charge is 2.15. The van der Waals surface area contributed by atoms with Gasteiger partial charge in [0.1, 0.15) is 12.1 Å². The van der Waals surface area contributed by atoms with Crippen molar-refractivity contribution in [2.75, 3.05) is 31.7 Å². The first-order chi connectivity index (χ1) is 11.7. The molecule has 1 heterocycles. The molecule has 2 atom stereocenters. The van der Waals surface area contributed by atoms with Gasteiger partial charge in [0, 0.05) is 19.7 Å². The summed E-state index contributed by atoms with van der Waals surface area (Å²) in [6.45, 7) is 0.919. The zero-order valence-corrected chi connectivity index (χ0v) is 14.8. The van der Waals surface area contributed by atoms with Gasteiger partial charge in [0.05, 0.1) is 0 Å². The van der Waals surface area contributed by atoms with E-state index in [-0.39, 0.29) is 13.0 Å². The summed E-state index contributed by atoms with van der Waals surface area (Å²) >= 11 is 1.60. The number of thioether (sulfide) groups is 1. The quantitative estimate of drug-likeness (QED) is 0.225. The van der Waals surface area contributed by atoms with Gasteiger partial charge in [-0.15, -0.1) is 0 Å². The van der Waals surface area contributed by atoms with E-state index in [2.05, 4.69) is 10.6 Å². The molecule has 0 aromatic heterocycles. The fourth-order valence-corrected chi connectivity index (χ4v) is 1.63. The van der Waals surface area contributed by atoms with Gasteiger partial charge in [-0.05, 0) is 24.9 Å². The third kappa shape index (κ3) is 15.4. The molecule has 9 N–H and O–H groups in total. The standard InChI is InChI=1S/C5H11NO2S.C4H6N2O2.C4H9NO3/c1-9-3-2-4(6)5(7)8;7-3-4(8)6-2-1-5-3;5-3(1-2-6)4(7)8/h4H,2-3,6H2,1H3,(H,7,8);1-2H2,(H,5,7)(H,6,8);3,6H,1-2,5H2,(H,7,8)/t4-;;3-/m0.0/s1. The Kier molecular flexibility index (Phi) is 15.8. The Hall–Kier alpha value is -1.89. The second-order valence-corrected chi connectivity index (χ2v) is 5.68. The normalized spacial score (nSPS) is 15.2. The number of carboxylic acid groups (broad SMARTS) is 2. The smallest absolute Gasteiger partial charge is 0.320 e. The monoisotopic (exact) mass is 382 g/mol. The number of aliphatic carboxylic acids is 2. The molecule has 0 radical (unpaired) electrons. The molecule has 1 aliphatic heterocycles. The third-order valence-corrected chi connectivity index (χ3v) is 3.25. The van der Waals surface area contributed by atoms with Gasteiger partial charge >= 0.3 is 23.8 Å². The van der Waals surface area contributed by atoms with E-state index in [1.54, 1.807) is 11.8 Å². The van der Waals surface area contributed by atoms with Crippen molar-refractivity contribution in [2.45, 2.75) is 24.9 Å². The number of aliphatic hydroxyl groups excluding tert-OH is 1. The second kappa shape index (κ2) is 15.6. The highest BCUT2D eigenvalue weighted by molar-refractivity contribution is 7.98. The molecule has 0 saturated carbocycles. The third-order valence-electron chi connectivity index (χ3n) is 2.61. The summed E-state index contributed by atoms with van der Waals surface area (Å²) in [6, 6.07) is -1.60. The number of nitrogens with two attached hydrogens (primary N) is 2. The molecule has 1 rings (SSSR count). The van der Waals surface area contributed by atoms with Crippen LogP contribution in [0.2, 0.25) is 0 Å². The summed E-state index contributed by atoms with van der Waals surface area (Å²) < 4.78 is 0. The molecule has 0 aliphatic carbocycles. The topological polar surface area (TPSA) is 205 Å². The maximum atomic E-state index is 10.3. The molecule has 0 aromatic rings. The number of hydrogen-bond acceptors (Lipinski definition) is 8. The van der Waals surface area contributed by atoms with E-state index in [4.69, 9.17) is 26.8 Å². The number of nitrogens with one attached hydrogen (secondary N) is 2. The number of amides is 2. The van der Waals surface area contributed by atoms with Crippen LogP contribution in [0.25, 0.3) is 0 Å². The van der Waals surface area contributed by atoms with Crippen LogP contribution in [0.5, 0.6) is 0 Å². The van der Waals surface area contributed by atoms with Gasteiger partial charge in [0.2, 0.25) is 0 Å². The van der Waals surface area contributed by atoms with E-state index in [1.165, 1.54) is 0 Å². The zero-order valence-electron chi connectivity index (χ0n) is 13.9. The molecule has 0 aromatic carbocycles. The average Bonchev–Trinajstić information content (AvgIpc) is 2.56. The fraction of sp³-hybridized carbons (Fsp3) is 0.692. The van der Waals surface area contributed by atoms with E-state index in [0.29, 0.717) is 19.5 Å². The lowest BCUT2D eigenvalue weighted by molar-refractivity contribution is -0.140. The lowest BCUT2D eigenvalue weighted by atomic mass is 10.2. The number of carbonyl (C=O) groups excluding carboxylic acids is 2. The summed E-state index contributed by atoms with van der Waals surface area (Å²) in [7, 11) is 0. The van der Waals surface area contributed by atoms with Crippen molar-refractivity contribution < 1.29 is 34.5 Å². The van der Waals surface area contributed by atoms with Gasteiger partial charge in [-0.2, -0.15) is 11.8 Å². The Morgan fingerprint density at radius 2 is 1.44 bits per heavy atom. The second-order valence-electron chi connectivity index (χ2n) is 4.70. The summed E-state index contributed by atoms with van der Waals surface area (Å²) in [4.78, 5) is 40.5. The Morgan fingerprint density at radius 1 is 1.04 bits per heavy atom. The van der Waals surface area contributed by atoms with Crippen LogP contribution >= 0.6 is 11.8 Å². The fourth-order valence-electron chi connectivity index (χ4n) is 1.14. The molecular weight excluding hydrogens is 356 g/mol. The van der Waals surface area contributed by atoms with E-state index in [9.17, 15) is 19.2 Å². The van der Waals surface area contributed by atoms with Crippen LogP contribution in [-0.2, 0) is 19.2 Å². The first-order valence-corrected chi connectivity index (χ1v) is 8.69. The molecule has 25 heavy (non-hydrogen) atoms. The minimum Gasteiger partial charge on any atom is -0.480 e. The van der Waals surface area contributed by atoms with Crippen LogP contribution in [0.15, 0.2) is 0 Å². The van der Waals surface area contributed by atoms with Gasteiger partial charge in [-0.25, -0.2) is 0 Å². The maximum Gasteiger partial charge on any atom is 0.320 e. The molecule has 11 nitrogen and oxygen atoms in total. The zero-order chi connectivity index (χ0) is 19.8. The van der Waals surface area contributed by atoms with Crippen molar-refractivity contribution in [1.29, 1.82) is 0 Å². The van der Waals surface area contributed by atoms with Crippen molar-refractivity contribution in [2.24, 2.45) is 11.5 Å². The molecule has 146 valence electrons. The van der Waals surface area contributed by atoms with E-state index >= 15 is 0 Å². The molecule has 0 spiro atoms. The minimum absolute atomic E-state index is 0.120. The number of piperazine rings is 1. The molecule has 12 heteroatoms. The molecule has 0 bridgehead atoms. The molecule has 2 amide bonds. The summed E-state index contributed by atoms with van der Waals surface area (Å²) in [5.74, 6) is -2.23. The summed E-state index contributed by atoms with van der Waals surface area (Å²) in [5, 5.41) is 29.3. The van der Waals surface area contributed by atoms with Crippen LogP contribution in [0.1, 0.15) is 12.8 Å². The van der Waals surface area contributed by atoms with Gasteiger partial charge in [-0.3, -0.25) is 19.2 Å². The molecule has 0 unspecified atom stereocenters. The number of carbonyl (C=O) groups is 4. The molecule has 1 fully saturated rings. The average molecular weight is 382 g/mol. The van der Waals surface area contributed by atoms with Crippen molar-refractivity contribution in [3.05, 3.63) is 0 Å². The first kappa shape index (κ1) is 25.4. The van der Waals surface area contributed by atoms with E-state index < -0.39 is 35.8 Å². The number of carboxylic acids is 2. The Bertz CT molecular complexity index is 421. The summed E-state index contributed by atoms with van der Waals surface area (Å²) in [6.07, 6.45) is 2.60. The maximum absolute atomic E-state index is 10.3. The molecular formula is C13H26N4O7S. The van der Waals surface area contributed by atoms with Crippen molar-refractivity contribution in [1.82, 2.24) is 10.6 Å². The van der Waals surface area contributed by atoms with Crippen molar-refractivity contribution in [3.8, 4) is 0 Å². The van der Waals surface area contributed by atoms with E-state index in [0.717, 1.165) is 5.75 Å². The largest absolute Gasteiger partial charge is 0.480 e. The van der Waals surface area contributed by atoms with Crippen LogP contribution in [-0.4, -0.2) is 82.9 Å². The Balaban J connectivity index is 0. The Morgan fingerprint density at radius 3 is 1.68 bits per heavy atom. The van der Waals surface area contributed by atoms with Crippen molar-refractivity contribution >= 4 is 35.5 Å². The highest BCUT2D eigenvalue weighted by atomic mass is 32.2. The predicted octanol–water partition coefficient (Wildman–Crippen LogP) is -2.84. The highest BCUT2D eigenvalue weighted by Crippen LogP contribution is 1.97. The van der Waals surface area contributed by atoms with E-state index in [1.807, 2.05) is 6.26 Å². The lowest BCUT2D eigenvalue weighted by Gasteiger charge is -2.10. The Labute approximate surface area is 149 Å². The SMILES string of the molecule is CSCC[C@H](N)C(=O)O.N[C@@H](CCO)C(=O)O.O=C1NCCNC1=O. The van der Waals surface area contributed by atoms with Gasteiger partial charge in [-0.1, -0.05) is 0 Å².